The van der Waals surface area contributed by atoms with Gasteiger partial charge in [-0.05, 0) is 31.4 Å². The van der Waals surface area contributed by atoms with Crippen LogP contribution in [0.3, 0.4) is 0 Å². The minimum Gasteiger partial charge on any atom is -0.494 e. The molecule has 0 aromatic heterocycles. The molecule has 0 spiro atoms. The van der Waals surface area contributed by atoms with Crippen molar-refractivity contribution in [3.05, 3.63) is 18.2 Å². The molecule has 3 rings (SSSR count). The Morgan fingerprint density at radius 1 is 1.41 bits per heavy atom. The summed E-state index contributed by atoms with van der Waals surface area (Å²) in [6.45, 7) is 0.957. The summed E-state index contributed by atoms with van der Waals surface area (Å²) in [5, 5.41) is 2.97. The Morgan fingerprint density at radius 2 is 2.29 bits per heavy atom. The van der Waals surface area contributed by atoms with Gasteiger partial charge in [0.15, 0.2) is 0 Å². The Balaban J connectivity index is 2.08. The second-order valence-corrected chi connectivity index (χ2v) is 4.55. The number of nitrogens with one attached hydrogen (secondary N) is 1. The van der Waals surface area contributed by atoms with Crippen molar-refractivity contribution >= 4 is 17.3 Å². The number of benzene rings is 1. The predicted octanol–water partition coefficient (Wildman–Crippen LogP) is 2.01. The third-order valence-corrected chi connectivity index (χ3v) is 3.59. The van der Waals surface area contributed by atoms with Crippen molar-refractivity contribution in [2.75, 3.05) is 23.9 Å². The first-order valence-corrected chi connectivity index (χ1v) is 6.06. The SMILES string of the molecule is COc1cccc2c1NC(=O)C1CCCCN21. The molecule has 90 valence electrons. The highest BCUT2D eigenvalue weighted by Crippen LogP contribution is 2.41. The van der Waals surface area contributed by atoms with E-state index in [-0.39, 0.29) is 11.9 Å². The third kappa shape index (κ3) is 1.55. The minimum absolute atomic E-state index is 0.00311. The molecular formula is C13H16N2O2. The number of anilines is 2. The summed E-state index contributed by atoms with van der Waals surface area (Å²) in [7, 11) is 1.63. The van der Waals surface area contributed by atoms with Crippen LogP contribution in [0.15, 0.2) is 18.2 Å². The number of amides is 1. The Morgan fingerprint density at radius 3 is 3.12 bits per heavy atom. The van der Waals surface area contributed by atoms with E-state index >= 15 is 0 Å². The lowest BCUT2D eigenvalue weighted by molar-refractivity contribution is -0.118. The number of ether oxygens (including phenoxy) is 1. The van der Waals surface area contributed by atoms with E-state index in [1.807, 2.05) is 12.1 Å². The van der Waals surface area contributed by atoms with E-state index < -0.39 is 0 Å². The highest BCUT2D eigenvalue weighted by molar-refractivity contribution is 6.05. The highest BCUT2D eigenvalue weighted by Gasteiger charge is 2.35. The summed E-state index contributed by atoms with van der Waals surface area (Å²) in [5.74, 6) is 0.835. The number of nitrogens with zero attached hydrogens (tertiary/aromatic N) is 1. The zero-order chi connectivity index (χ0) is 11.8. The van der Waals surface area contributed by atoms with Gasteiger partial charge in [-0.25, -0.2) is 0 Å². The topological polar surface area (TPSA) is 41.6 Å². The molecule has 4 heteroatoms. The lowest BCUT2D eigenvalue weighted by atomic mass is 9.97. The fourth-order valence-corrected chi connectivity index (χ4v) is 2.75. The largest absolute Gasteiger partial charge is 0.494 e. The van der Waals surface area contributed by atoms with Gasteiger partial charge in [-0.15, -0.1) is 0 Å². The van der Waals surface area contributed by atoms with Crippen molar-refractivity contribution in [3.63, 3.8) is 0 Å². The van der Waals surface area contributed by atoms with Gasteiger partial charge in [-0.2, -0.15) is 0 Å². The van der Waals surface area contributed by atoms with Crippen LogP contribution in [0.1, 0.15) is 19.3 Å². The molecule has 2 aliphatic rings. The van der Waals surface area contributed by atoms with Crippen molar-refractivity contribution in [1.82, 2.24) is 0 Å². The number of methoxy groups -OCH3 is 1. The van der Waals surface area contributed by atoms with Gasteiger partial charge < -0.3 is 15.0 Å². The number of rotatable bonds is 1. The molecule has 0 bridgehead atoms. The highest BCUT2D eigenvalue weighted by atomic mass is 16.5. The molecular weight excluding hydrogens is 216 g/mol. The first-order valence-electron chi connectivity index (χ1n) is 6.06. The van der Waals surface area contributed by atoms with Crippen molar-refractivity contribution in [3.8, 4) is 5.75 Å². The zero-order valence-corrected chi connectivity index (χ0v) is 9.90. The molecule has 1 amide bonds. The fraction of sp³-hybridized carbons (Fsp3) is 0.462. The maximum atomic E-state index is 12.1. The van der Waals surface area contributed by atoms with E-state index in [4.69, 9.17) is 4.74 Å². The van der Waals surface area contributed by atoms with E-state index in [0.29, 0.717) is 0 Å². The molecule has 1 unspecified atom stereocenters. The summed E-state index contributed by atoms with van der Waals surface area (Å²) in [4.78, 5) is 14.3. The van der Waals surface area contributed by atoms with Crippen molar-refractivity contribution in [1.29, 1.82) is 0 Å². The van der Waals surface area contributed by atoms with Crippen LogP contribution in [0.2, 0.25) is 0 Å². The van der Waals surface area contributed by atoms with E-state index in [0.717, 1.165) is 42.9 Å². The van der Waals surface area contributed by atoms with Gasteiger partial charge in [0.1, 0.15) is 17.5 Å². The average Bonchev–Trinajstić information content (AvgIpc) is 2.39. The third-order valence-electron chi connectivity index (χ3n) is 3.59. The molecule has 0 radical (unpaired) electrons. The van der Waals surface area contributed by atoms with Crippen LogP contribution in [0.4, 0.5) is 11.4 Å². The first kappa shape index (κ1) is 10.4. The van der Waals surface area contributed by atoms with Crippen LogP contribution in [0.5, 0.6) is 5.75 Å². The maximum absolute atomic E-state index is 12.1. The predicted molar refractivity (Wildman–Crippen MR) is 66.6 cm³/mol. The molecule has 1 aromatic rings. The molecule has 4 nitrogen and oxygen atoms in total. The molecule has 1 fully saturated rings. The van der Waals surface area contributed by atoms with E-state index in [1.54, 1.807) is 7.11 Å². The smallest absolute Gasteiger partial charge is 0.247 e. The zero-order valence-electron chi connectivity index (χ0n) is 9.90. The van der Waals surface area contributed by atoms with Gasteiger partial charge in [0.2, 0.25) is 5.91 Å². The van der Waals surface area contributed by atoms with Crippen molar-refractivity contribution in [2.45, 2.75) is 25.3 Å². The number of hydrogen-bond acceptors (Lipinski definition) is 3. The Kier molecular flexibility index (Phi) is 2.42. The summed E-state index contributed by atoms with van der Waals surface area (Å²) in [6, 6.07) is 5.91. The number of carbonyl (C=O) groups is 1. The van der Waals surface area contributed by atoms with Crippen LogP contribution in [0, 0.1) is 0 Å². The Bertz CT molecular complexity index is 459. The van der Waals surface area contributed by atoms with Gasteiger partial charge in [0.25, 0.3) is 0 Å². The minimum atomic E-state index is 0.00311. The maximum Gasteiger partial charge on any atom is 0.247 e. The molecule has 2 aliphatic heterocycles. The van der Waals surface area contributed by atoms with Crippen LogP contribution in [0.25, 0.3) is 0 Å². The number of fused-ring (bicyclic) bond motifs is 3. The molecule has 1 saturated heterocycles. The van der Waals surface area contributed by atoms with E-state index in [9.17, 15) is 4.79 Å². The van der Waals surface area contributed by atoms with Crippen LogP contribution < -0.4 is 15.0 Å². The monoisotopic (exact) mass is 232 g/mol. The normalized spacial score (nSPS) is 22.5. The molecule has 1 aromatic carbocycles. The molecule has 2 heterocycles. The summed E-state index contributed by atoms with van der Waals surface area (Å²) >= 11 is 0. The lowest BCUT2D eigenvalue weighted by Gasteiger charge is -2.41. The first-order chi connectivity index (χ1) is 8.31. The molecule has 0 aliphatic carbocycles. The van der Waals surface area contributed by atoms with Crippen molar-refractivity contribution in [2.24, 2.45) is 0 Å². The van der Waals surface area contributed by atoms with Gasteiger partial charge in [-0.1, -0.05) is 6.07 Å². The van der Waals surface area contributed by atoms with Gasteiger partial charge in [0.05, 0.1) is 12.8 Å². The van der Waals surface area contributed by atoms with Crippen LogP contribution >= 0.6 is 0 Å². The molecule has 0 saturated carbocycles. The summed E-state index contributed by atoms with van der Waals surface area (Å²) in [6.07, 6.45) is 3.23. The molecule has 1 N–H and O–H groups in total. The molecule has 17 heavy (non-hydrogen) atoms. The van der Waals surface area contributed by atoms with Crippen LogP contribution in [-0.2, 0) is 4.79 Å². The quantitative estimate of drug-likeness (QED) is 0.805. The Labute approximate surface area is 101 Å². The number of carbonyl (C=O) groups excluding carboxylic acids is 1. The van der Waals surface area contributed by atoms with Gasteiger partial charge >= 0.3 is 0 Å². The summed E-state index contributed by atoms with van der Waals surface area (Å²) in [5.41, 5.74) is 1.91. The lowest BCUT2D eigenvalue weighted by Crippen LogP contribution is -2.50. The van der Waals surface area contributed by atoms with Crippen LogP contribution in [-0.4, -0.2) is 25.6 Å². The van der Waals surface area contributed by atoms with Gasteiger partial charge in [0, 0.05) is 6.54 Å². The van der Waals surface area contributed by atoms with Gasteiger partial charge in [-0.3, -0.25) is 4.79 Å². The standard InChI is InChI=1S/C13H16N2O2/c1-17-11-7-4-6-9-12(11)14-13(16)10-5-2-3-8-15(9)10/h4,6-7,10H,2-3,5,8H2,1H3,(H,14,16). The second-order valence-electron chi connectivity index (χ2n) is 4.55. The number of para-hydroxylation sites is 1. The number of hydrogen-bond donors (Lipinski definition) is 1. The Hall–Kier alpha value is -1.71. The van der Waals surface area contributed by atoms with E-state index in [2.05, 4.69) is 16.3 Å². The average molecular weight is 232 g/mol. The number of piperidine rings is 1. The van der Waals surface area contributed by atoms with E-state index in [1.165, 1.54) is 0 Å². The molecule has 1 atom stereocenters. The van der Waals surface area contributed by atoms with Crippen molar-refractivity contribution < 1.29 is 9.53 Å². The second kappa shape index (κ2) is 3.95. The fourth-order valence-electron chi connectivity index (χ4n) is 2.75. The summed E-state index contributed by atoms with van der Waals surface area (Å²) < 4.78 is 5.30.